The van der Waals surface area contributed by atoms with Crippen LogP contribution in [0.5, 0.6) is 0 Å². The number of rotatable bonds is 10. The van der Waals surface area contributed by atoms with Gasteiger partial charge in [0.1, 0.15) is 5.82 Å². The predicted molar refractivity (Wildman–Crippen MR) is 133 cm³/mol. The summed E-state index contributed by atoms with van der Waals surface area (Å²) >= 11 is 0. The van der Waals surface area contributed by atoms with Crippen molar-refractivity contribution >= 4 is 22.6 Å². The molecule has 1 atom stereocenters. The Labute approximate surface area is 192 Å². The number of carbonyl (C=O) groups excluding carboxylic acids is 1. The second-order valence-corrected chi connectivity index (χ2v) is 9.43. The standard InChI is InChI=1S/C28H37N3O/c1-4-5-6-7-8-9-12-17-30-26-14-11-10-13-24(26)29-28(30)23-19-27(32)31(20-23)25-16-15-21(2)18-22(25)3/h10-11,13-16,18,23H,4-9,12,17,19-20H2,1-3H3. The highest BCUT2D eigenvalue weighted by Crippen LogP contribution is 2.35. The third-order valence-electron chi connectivity index (χ3n) is 6.80. The third kappa shape index (κ3) is 4.90. The maximum Gasteiger partial charge on any atom is 0.227 e. The van der Waals surface area contributed by atoms with Crippen molar-refractivity contribution in [3.8, 4) is 0 Å². The third-order valence-corrected chi connectivity index (χ3v) is 6.80. The molecule has 2 aromatic carbocycles. The smallest absolute Gasteiger partial charge is 0.227 e. The van der Waals surface area contributed by atoms with E-state index in [4.69, 9.17) is 4.98 Å². The molecule has 0 radical (unpaired) electrons. The van der Waals surface area contributed by atoms with E-state index in [0.29, 0.717) is 13.0 Å². The fourth-order valence-corrected chi connectivity index (χ4v) is 5.09. The minimum absolute atomic E-state index is 0.139. The molecule has 1 aliphatic heterocycles. The summed E-state index contributed by atoms with van der Waals surface area (Å²) in [6.45, 7) is 8.15. The number of nitrogens with zero attached hydrogens (tertiary/aromatic N) is 3. The van der Waals surface area contributed by atoms with Gasteiger partial charge in [-0.1, -0.05) is 75.3 Å². The van der Waals surface area contributed by atoms with Crippen LogP contribution in [-0.2, 0) is 11.3 Å². The molecule has 2 heterocycles. The molecule has 1 fully saturated rings. The number of aryl methyl sites for hydroxylation is 3. The van der Waals surface area contributed by atoms with E-state index in [1.54, 1.807) is 0 Å². The fourth-order valence-electron chi connectivity index (χ4n) is 5.09. The van der Waals surface area contributed by atoms with E-state index in [9.17, 15) is 4.79 Å². The van der Waals surface area contributed by atoms with Gasteiger partial charge in [0.25, 0.3) is 0 Å². The van der Waals surface area contributed by atoms with Crippen molar-refractivity contribution in [2.75, 3.05) is 11.4 Å². The van der Waals surface area contributed by atoms with Crippen LogP contribution in [0.2, 0.25) is 0 Å². The lowest BCUT2D eigenvalue weighted by atomic mass is 10.1. The van der Waals surface area contributed by atoms with E-state index in [2.05, 4.69) is 67.8 Å². The molecule has 0 N–H and O–H groups in total. The van der Waals surface area contributed by atoms with Crippen molar-refractivity contribution in [1.29, 1.82) is 0 Å². The maximum atomic E-state index is 13.0. The lowest BCUT2D eigenvalue weighted by molar-refractivity contribution is -0.117. The summed E-state index contributed by atoms with van der Waals surface area (Å²) in [4.78, 5) is 20.0. The molecule has 32 heavy (non-hydrogen) atoms. The van der Waals surface area contributed by atoms with E-state index < -0.39 is 0 Å². The Morgan fingerprint density at radius 3 is 2.50 bits per heavy atom. The van der Waals surface area contributed by atoms with Crippen molar-refractivity contribution < 1.29 is 4.79 Å². The van der Waals surface area contributed by atoms with Gasteiger partial charge in [-0.05, 0) is 44.0 Å². The number of benzene rings is 2. The zero-order valence-electron chi connectivity index (χ0n) is 19.9. The number of hydrogen-bond acceptors (Lipinski definition) is 2. The van der Waals surface area contributed by atoms with E-state index in [0.717, 1.165) is 29.1 Å². The molecule has 1 amide bonds. The number of amides is 1. The molecule has 4 heteroatoms. The predicted octanol–water partition coefficient (Wildman–Crippen LogP) is 6.92. The molecule has 170 valence electrons. The van der Waals surface area contributed by atoms with Crippen LogP contribution in [0.3, 0.4) is 0 Å². The molecule has 1 unspecified atom stereocenters. The van der Waals surface area contributed by atoms with Crippen molar-refractivity contribution in [2.45, 2.75) is 84.6 Å². The van der Waals surface area contributed by atoms with Gasteiger partial charge in [0, 0.05) is 31.1 Å². The average Bonchev–Trinajstić information content (AvgIpc) is 3.34. The van der Waals surface area contributed by atoms with E-state index in [-0.39, 0.29) is 11.8 Å². The van der Waals surface area contributed by atoms with Crippen LogP contribution in [0.1, 0.15) is 81.2 Å². The van der Waals surface area contributed by atoms with Gasteiger partial charge in [-0.3, -0.25) is 4.79 Å². The number of fused-ring (bicyclic) bond motifs is 1. The van der Waals surface area contributed by atoms with Crippen molar-refractivity contribution in [1.82, 2.24) is 9.55 Å². The van der Waals surface area contributed by atoms with Crippen LogP contribution >= 0.6 is 0 Å². The number of hydrogen-bond donors (Lipinski definition) is 0. The van der Waals surface area contributed by atoms with Crippen molar-refractivity contribution in [3.05, 3.63) is 59.4 Å². The largest absolute Gasteiger partial charge is 0.328 e. The number of unbranched alkanes of at least 4 members (excludes halogenated alkanes) is 6. The van der Waals surface area contributed by atoms with Gasteiger partial charge in [0.05, 0.1) is 11.0 Å². The number of aromatic nitrogens is 2. The monoisotopic (exact) mass is 431 g/mol. The molecule has 0 aliphatic carbocycles. The lowest BCUT2D eigenvalue weighted by Gasteiger charge is -2.20. The van der Waals surface area contributed by atoms with Crippen LogP contribution in [0, 0.1) is 13.8 Å². The average molecular weight is 432 g/mol. The van der Waals surface area contributed by atoms with Crippen molar-refractivity contribution in [3.63, 3.8) is 0 Å². The van der Waals surface area contributed by atoms with Gasteiger partial charge in [-0.15, -0.1) is 0 Å². The van der Waals surface area contributed by atoms with Gasteiger partial charge < -0.3 is 9.47 Å². The first kappa shape index (κ1) is 22.6. The number of anilines is 1. The number of para-hydroxylation sites is 2. The molecule has 1 aliphatic rings. The normalized spacial score (nSPS) is 16.4. The first-order valence-corrected chi connectivity index (χ1v) is 12.4. The highest BCUT2D eigenvalue weighted by Gasteiger charge is 2.35. The minimum atomic E-state index is 0.139. The van der Waals surface area contributed by atoms with Gasteiger partial charge in [0.2, 0.25) is 5.91 Å². The summed E-state index contributed by atoms with van der Waals surface area (Å²) < 4.78 is 2.39. The highest BCUT2D eigenvalue weighted by atomic mass is 16.2. The topological polar surface area (TPSA) is 38.1 Å². The highest BCUT2D eigenvalue weighted by molar-refractivity contribution is 5.97. The van der Waals surface area contributed by atoms with Crippen molar-refractivity contribution in [2.24, 2.45) is 0 Å². The molecule has 0 saturated carbocycles. The summed E-state index contributed by atoms with van der Waals surface area (Å²) in [7, 11) is 0. The SMILES string of the molecule is CCCCCCCCCn1c(C2CC(=O)N(c3ccc(C)cc3C)C2)nc2ccccc21. The summed E-state index contributed by atoms with van der Waals surface area (Å²) in [5.41, 5.74) is 5.67. The Kier molecular flexibility index (Phi) is 7.29. The number of carbonyl (C=O) groups is 1. The first-order chi connectivity index (χ1) is 15.6. The van der Waals surface area contributed by atoms with Crippen LogP contribution in [0.15, 0.2) is 42.5 Å². The summed E-state index contributed by atoms with van der Waals surface area (Å²) in [6, 6.07) is 14.8. The van der Waals surface area contributed by atoms with E-state index in [1.165, 1.54) is 56.0 Å². The Bertz CT molecular complexity index is 1070. The molecule has 1 saturated heterocycles. The maximum absolute atomic E-state index is 13.0. The van der Waals surface area contributed by atoms with Gasteiger partial charge >= 0.3 is 0 Å². The minimum Gasteiger partial charge on any atom is -0.328 e. The summed E-state index contributed by atoms with van der Waals surface area (Å²) in [5.74, 6) is 1.43. The van der Waals surface area contributed by atoms with E-state index >= 15 is 0 Å². The molecule has 4 nitrogen and oxygen atoms in total. The van der Waals surface area contributed by atoms with Crippen LogP contribution in [0.25, 0.3) is 11.0 Å². The quantitative estimate of drug-likeness (QED) is 0.327. The molecule has 3 aromatic rings. The second kappa shape index (κ2) is 10.3. The Balaban J connectivity index is 1.51. The molecular formula is C28H37N3O. The zero-order valence-corrected chi connectivity index (χ0v) is 19.9. The molecule has 0 bridgehead atoms. The molecule has 4 rings (SSSR count). The lowest BCUT2D eigenvalue weighted by Crippen LogP contribution is -2.25. The summed E-state index contributed by atoms with van der Waals surface area (Å²) in [6.07, 6.45) is 9.61. The summed E-state index contributed by atoms with van der Waals surface area (Å²) in [5, 5.41) is 0. The van der Waals surface area contributed by atoms with Gasteiger partial charge in [-0.2, -0.15) is 0 Å². The van der Waals surface area contributed by atoms with Crippen LogP contribution in [-0.4, -0.2) is 22.0 Å². The Morgan fingerprint density at radius 1 is 0.969 bits per heavy atom. The van der Waals surface area contributed by atoms with Crippen LogP contribution < -0.4 is 4.90 Å². The molecule has 0 spiro atoms. The molecule has 1 aromatic heterocycles. The van der Waals surface area contributed by atoms with Gasteiger partial charge in [-0.25, -0.2) is 4.98 Å². The number of imidazole rings is 1. The Hall–Kier alpha value is -2.62. The molecular weight excluding hydrogens is 394 g/mol. The zero-order chi connectivity index (χ0) is 22.5. The fraction of sp³-hybridized carbons (Fsp3) is 0.500. The second-order valence-electron chi connectivity index (χ2n) is 9.43. The Morgan fingerprint density at radius 2 is 1.72 bits per heavy atom. The first-order valence-electron chi connectivity index (χ1n) is 12.4. The van der Waals surface area contributed by atoms with E-state index in [1.807, 2.05) is 4.90 Å². The van der Waals surface area contributed by atoms with Crippen LogP contribution in [0.4, 0.5) is 5.69 Å². The van der Waals surface area contributed by atoms with Gasteiger partial charge in [0.15, 0.2) is 0 Å².